The third kappa shape index (κ3) is 5.46. The Hall–Kier alpha value is -3.07. The van der Waals surface area contributed by atoms with E-state index in [1.807, 2.05) is 28.0 Å². The zero-order chi connectivity index (χ0) is 26.2. The number of imidazole rings is 1. The van der Waals surface area contributed by atoms with E-state index < -0.39 is 11.7 Å². The molecule has 37 heavy (non-hydrogen) atoms. The number of nitrogens with zero attached hydrogens (tertiary/aromatic N) is 5. The number of aromatic nitrogens is 2. The monoisotopic (exact) mass is 513 g/mol. The number of benzene rings is 2. The van der Waals surface area contributed by atoms with Gasteiger partial charge in [0.1, 0.15) is 5.82 Å². The van der Waals surface area contributed by atoms with Gasteiger partial charge < -0.3 is 14.4 Å². The molecule has 1 amide bonds. The van der Waals surface area contributed by atoms with Crippen molar-refractivity contribution >= 4 is 22.6 Å². The number of halogens is 3. The highest BCUT2D eigenvalue weighted by Gasteiger charge is 2.33. The summed E-state index contributed by atoms with van der Waals surface area (Å²) in [6.07, 6.45) is -2.54. The Morgan fingerprint density at radius 3 is 2.51 bits per heavy atom. The summed E-state index contributed by atoms with van der Waals surface area (Å²) in [5.74, 6) is 1.12. The van der Waals surface area contributed by atoms with E-state index in [1.165, 1.54) is 12.1 Å². The SMILES string of the molecule is CC(C)n1c(CN2CCC[C@@H](C(=O)N3CCN(c4cccc(C(F)(F)F)c4)CC3)C2)nc2ccccc21. The molecule has 5 rings (SSSR count). The number of hydrogen-bond acceptors (Lipinski definition) is 4. The van der Waals surface area contributed by atoms with Crippen LogP contribution in [0.15, 0.2) is 48.5 Å². The molecule has 0 radical (unpaired) electrons. The van der Waals surface area contributed by atoms with E-state index in [-0.39, 0.29) is 17.9 Å². The Morgan fingerprint density at radius 2 is 1.78 bits per heavy atom. The maximum atomic E-state index is 13.4. The van der Waals surface area contributed by atoms with Gasteiger partial charge in [-0.15, -0.1) is 0 Å². The average molecular weight is 514 g/mol. The van der Waals surface area contributed by atoms with Crippen LogP contribution in [0, 0.1) is 5.92 Å². The number of alkyl halides is 3. The van der Waals surface area contributed by atoms with E-state index in [0.717, 1.165) is 42.3 Å². The Kier molecular flexibility index (Phi) is 7.16. The van der Waals surface area contributed by atoms with Crippen LogP contribution < -0.4 is 4.90 Å². The third-order valence-corrected chi connectivity index (χ3v) is 7.54. The van der Waals surface area contributed by atoms with Crippen LogP contribution in [0.4, 0.5) is 18.9 Å². The first kappa shape index (κ1) is 25.6. The molecule has 2 aliphatic rings. The number of carbonyl (C=O) groups excluding carboxylic acids is 1. The van der Waals surface area contributed by atoms with Crippen molar-refractivity contribution in [1.82, 2.24) is 19.4 Å². The zero-order valence-electron chi connectivity index (χ0n) is 21.4. The van der Waals surface area contributed by atoms with Gasteiger partial charge in [-0.25, -0.2) is 4.98 Å². The lowest BCUT2D eigenvalue weighted by Gasteiger charge is -2.39. The second-order valence-corrected chi connectivity index (χ2v) is 10.4. The van der Waals surface area contributed by atoms with Gasteiger partial charge in [-0.3, -0.25) is 9.69 Å². The number of para-hydroxylation sites is 2. The van der Waals surface area contributed by atoms with E-state index in [0.29, 0.717) is 45.0 Å². The van der Waals surface area contributed by atoms with Crippen LogP contribution in [0.3, 0.4) is 0 Å². The van der Waals surface area contributed by atoms with Crippen molar-refractivity contribution in [3.63, 3.8) is 0 Å². The molecule has 2 aliphatic heterocycles. The lowest BCUT2D eigenvalue weighted by Crippen LogP contribution is -2.52. The number of fused-ring (bicyclic) bond motifs is 1. The Labute approximate surface area is 215 Å². The molecule has 1 atom stereocenters. The predicted octanol–water partition coefficient (Wildman–Crippen LogP) is 5.20. The van der Waals surface area contributed by atoms with E-state index in [4.69, 9.17) is 4.98 Å². The number of piperidine rings is 1. The maximum absolute atomic E-state index is 13.4. The average Bonchev–Trinajstić information content (AvgIpc) is 3.26. The molecule has 2 aromatic carbocycles. The summed E-state index contributed by atoms with van der Waals surface area (Å²) in [6.45, 7) is 8.79. The number of likely N-dealkylation sites (tertiary alicyclic amines) is 1. The molecule has 1 aromatic heterocycles. The smallest absolute Gasteiger partial charge is 0.368 e. The summed E-state index contributed by atoms with van der Waals surface area (Å²) in [6, 6.07) is 13.9. The number of amides is 1. The van der Waals surface area contributed by atoms with Crippen LogP contribution in [0.5, 0.6) is 0 Å². The van der Waals surface area contributed by atoms with Crippen LogP contribution in [0.2, 0.25) is 0 Å². The summed E-state index contributed by atoms with van der Waals surface area (Å²) in [7, 11) is 0. The number of carbonyl (C=O) groups is 1. The molecule has 2 saturated heterocycles. The minimum absolute atomic E-state index is 0.0641. The van der Waals surface area contributed by atoms with Crippen LogP contribution in [0.25, 0.3) is 11.0 Å². The molecular formula is C28H34F3N5O. The maximum Gasteiger partial charge on any atom is 0.416 e. The van der Waals surface area contributed by atoms with Crippen molar-refractivity contribution in [1.29, 1.82) is 0 Å². The first-order chi connectivity index (χ1) is 17.7. The van der Waals surface area contributed by atoms with E-state index >= 15 is 0 Å². The minimum Gasteiger partial charge on any atom is -0.368 e. The number of rotatable bonds is 5. The Balaban J connectivity index is 1.21. The van der Waals surface area contributed by atoms with Crippen LogP contribution >= 0.6 is 0 Å². The first-order valence-electron chi connectivity index (χ1n) is 13.1. The van der Waals surface area contributed by atoms with Crippen LogP contribution in [-0.4, -0.2) is 64.5 Å². The fourth-order valence-electron chi connectivity index (χ4n) is 5.70. The largest absolute Gasteiger partial charge is 0.416 e. The zero-order valence-corrected chi connectivity index (χ0v) is 21.4. The second kappa shape index (κ2) is 10.4. The van der Waals surface area contributed by atoms with Gasteiger partial charge in [0.15, 0.2) is 0 Å². The molecule has 0 unspecified atom stereocenters. The second-order valence-electron chi connectivity index (χ2n) is 10.4. The highest BCUT2D eigenvalue weighted by molar-refractivity contribution is 5.79. The standard InChI is InChI=1S/C28H34F3N5O/c1-20(2)36-25-11-4-3-10-24(25)32-26(36)19-33-12-6-7-21(18-33)27(37)35-15-13-34(14-16-35)23-9-5-8-22(17-23)28(29,30)31/h3-5,8-11,17,20-21H,6-7,12-16,18-19H2,1-2H3/t21-/m1/s1. The van der Waals surface area contributed by atoms with Gasteiger partial charge in [-0.1, -0.05) is 18.2 Å². The van der Waals surface area contributed by atoms with Gasteiger partial charge in [-0.2, -0.15) is 13.2 Å². The van der Waals surface area contributed by atoms with Gasteiger partial charge in [0.05, 0.1) is 29.1 Å². The van der Waals surface area contributed by atoms with Crippen molar-refractivity contribution < 1.29 is 18.0 Å². The van der Waals surface area contributed by atoms with E-state index in [9.17, 15) is 18.0 Å². The lowest BCUT2D eigenvalue weighted by molar-refractivity contribution is -0.138. The Morgan fingerprint density at radius 1 is 1.03 bits per heavy atom. The molecule has 3 aromatic rings. The summed E-state index contributed by atoms with van der Waals surface area (Å²) in [5.41, 5.74) is 2.04. The van der Waals surface area contributed by atoms with Crippen LogP contribution in [0.1, 0.15) is 44.1 Å². The predicted molar refractivity (Wildman–Crippen MR) is 138 cm³/mol. The molecule has 0 spiro atoms. The van der Waals surface area contributed by atoms with Crippen molar-refractivity contribution in [3.8, 4) is 0 Å². The molecule has 2 fully saturated rings. The topological polar surface area (TPSA) is 44.6 Å². The normalized spacial score (nSPS) is 19.7. The van der Waals surface area contributed by atoms with E-state index in [1.54, 1.807) is 6.07 Å². The number of piperazine rings is 1. The molecular weight excluding hydrogens is 479 g/mol. The summed E-state index contributed by atoms with van der Waals surface area (Å²) < 4.78 is 41.6. The fourth-order valence-corrected chi connectivity index (χ4v) is 5.70. The third-order valence-electron chi connectivity index (χ3n) is 7.54. The molecule has 3 heterocycles. The molecule has 0 saturated carbocycles. The highest BCUT2D eigenvalue weighted by atomic mass is 19.4. The summed E-state index contributed by atoms with van der Waals surface area (Å²) in [5, 5.41) is 0. The molecule has 0 N–H and O–H groups in total. The quantitative estimate of drug-likeness (QED) is 0.471. The molecule has 0 bridgehead atoms. The first-order valence-corrected chi connectivity index (χ1v) is 13.1. The molecule has 9 heteroatoms. The highest BCUT2D eigenvalue weighted by Crippen LogP contribution is 2.32. The summed E-state index contributed by atoms with van der Waals surface area (Å²) in [4.78, 5) is 24.5. The number of hydrogen-bond donors (Lipinski definition) is 0. The molecule has 198 valence electrons. The Bertz CT molecular complexity index is 1250. The lowest BCUT2D eigenvalue weighted by atomic mass is 9.96. The van der Waals surface area contributed by atoms with Gasteiger partial charge >= 0.3 is 6.18 Å². The van der Waals surface area contributed by atoms with Gasteiger partial charge in [0.2, 0.25) is 5.91 Å². The number of anilines is 1. The van der Waals surface area contributed by atoms with Gasteiger partial charge in [-0.05, 0) is 63.6 Å². The molecule has 6 nitrogen and oxygen atoms in total. The minimum atomic E-state index is -4.36. The van der Waals surface area contributed by atoms with Crippen molar-refractivity contribution in [2.45, 2.75) is 45.5 Å². The van der Waals surface area contributed by atoms with Crippen molar-refractivity contribution in [2.75, 3.05) is 44.2 Å². The van der Waals surface area contributed by atoms with Gasteiger partial charge in [0, 0.05) is 44.5 Å². The van der Waals surface area contributed by atoms with Crippen LogP contribution in [-0.2, 0) is 17.5 Å². The fraction of sp³-hybridized carbons (Fsp3) is 0.500. The summed E-state index contributed by atoms with van der Waals surface area (Å²) >= 11 is 0. The van der Waals surface area contributed by atoms with Crippen molar-refractivity contribution in [2.24, 2.45) is 5.92 Å². The van der Waals surface area contributed by atoms with Gasteiger partial charge in [0.25, 0.3) is 0 Å². The van der Waals surface area contributed by atoms with E-state index in [2.05, 4.69) is 29.4 Å². The van der Waals surface area contributed by atoms with Crippen molar-refractivity contribution in [3.05, 3.63) is 59.9 Å². The molecule has 0 aliphatic carbocycles.